The molecule has 1 heterocycles. The lowest BCUT2D eigenvalue weighted by atomic mass is 9.90. The van der Waals surface area contributed by atoms with Gasteiger partial charge in [-0.15, -0.1) is 0 Å². The van der Waals surface area contributed by atoms with Gasteiger partial charge in [-0.3, -0.25) is 0 Å². The molecule has 110 valence electrons. The zero-order valence-corrected chi connectivity index (χ0v) is 13.5. The summed E-state index contributed by atoms with van der Waals surface area (Å²) in [6.45, 7) is 3.03. The molecule has 0 radical (unpaired) electrons. The first-order valence-electron chi connectivity index (χ1n) is 7.49. The van der Waals surface area contributed by atoms with Crippen LogP contribution in [0.25, 0.3) is 0 Å². The first-order valence-corrected chi connectivity index (χ1v) is 8.28. The average Bonchev–Trinajstić information content (AvgIpc) is 3.30. The summed E-state index contributed by atoms with van der Waals surface area (Å²) in [7, 11) is 1.70. The molecule has 2 aliphatic rings. The molecule has 2 fully saturated rings. The second-order valence-electron chi connectivity index (χ2n) is 5.81. The van der Waals surface area contributed by atoms with Crippen LogP contribution in [0.2, 0.25) is 0 Å². The molecule has 1 aromatic rings. The van der Waals surface area contributed by atoms with Crippen molar-refractivity contribution in [2.24, 2.45) is 5.92 Å². The van der Waals surface area contributed by atoms with Crippen LogP contribution in [-0.4, -0.2) is 26.8 Å². The van der Waals surface area contributed by atoms with Gasteiger partial charge in [0, 0.05) is 0 Å². The van der Waals surface area contributed by atoms with Crippen molar-refractivity contribution in [3.63, 3.8) is 0 Å². The van der Waals surface area contributed by atoms with Gasteiger partial charge in [0.15, 0.2) is 11.5 Å². The van der Waals surface area contributed by atoms with Crippen molar-refractivity contribution in [2.45, 2.75) is 31.6 Å². The number of hydrogen-bond acceptors (Lipinski definition) is 3. The predicted octanol–water partition coefficient (Wildman–Crippen LogP) is 3.71. The van der Waals surface area contributed by atoms with E-state index in [4.69, 9.17) is 9.47 Å². The zero-order chi connectivity index (χ0) is 13.9. The molecule has 0 bridgehead atoms. The van der Waals surface area contributed by atoms with Crippen LogP contribution in [0.4, 0.5) is 0 Å². The van der Waals surface area contributed by atoms with Crippen molar-refractivity contribution < 1.29 is 9.47 Å². The Balaban J connectivity index is 1.82. The van der Waals surface area contributed by atoms with Gasteiger partial charge in [0.05, 0.1) is 18.2 Å². The van der Waals surface area contributed by atoms with Gasteiger partial charge in [-0.1, -0.05) is 0 Å². The normalized spacial score (nSPS) is 19.9. The van der Waals surface area contributed by atoms with Crippen LogP contribution in [0.1, 0.15) is 37.2 Å². The van der Waals surface area contributed by atoms with Gasteiger partial charge < -0.3 is 14.8 Å². The highest BCUT2D eigenvalue weighted by molar-refractivity contribution is 9.10. The fourth-order valence-corrected chi connectivity index (χ4v) is 3.40. The summed E-state index contributed by atoms with van der Waals surface area (Å²) in [6.07, 6.45) is 5.00. The quantitative estimate of drug-likeness (QED) is 0.886. The maximum Gasteiger partial charge on any atom is 0.174 e. The van der Waals surface area contributed by atoms with Gasteiger partial charge in [0.2, 0.25) is 0 Å². The fourth-order valence-electron chi connectivity index (χ4n) is 2.78. The number of ether oxygens (including phenoxy) is 2. The van der Waals surface area contributed by atoms with Crippen LogP contribution in [0.3, 0.4) is 0 Å². The molecule has 1 aromatic carbocycles. The zero-order valence-electron chi connectivity index (χ0n) is 12.0. The van der Waals surface area contributed by atoms with E-state index in [0.717, 1.165) is 41.6 Å². The number of rotatable bonds is 5. The summed E-state index contributed by atoms with van der Waals surface area (Å²) in [5, 5.41) is 3.42. The van der Waals surface area contributed by atoms with E-state index in [9.17, 15) is 0 Å². The fraction of sp³-hybridized carbons (Fsp3) is 0.625. The monoisotopic (exact) mass is 339 g/mol. The highest BCUT2D eigenvalue weighted by Crippen LogP contribution is 2.41. The summed E-state index contributed by atoms with van der Waals surface area (Å²) in [5.74, 6) is 3.09. The van der Waals surface area contributed by atoms with E-state index in [1.807, 2.05) is 0 Å². The summed E-state index contributed by atoms with van der Waals surface area (Å²) in [4.78, 5) is 0. The predicted molar refractivity (Wildman–Crippen MR) is 83.8 cm³/mol. The van der Waals surface area contributed by atoms with Crippen molar-refractivity contribution in [3.8, 4) is 11.5 Å². The number of halogens is 1. The van der Waals surface area contributed by atoms with Gasteiger partial charge in [-0.25, -0.2) is 0 Å². The molecule has 20 heavy (non-hydrogen) atoms. The molecule has 1 N–H and O–H groups in total. The third-order valence-electron chi connectivity index (χ3n) is 4.22. The van der Waals surface area contributed by atoms with E-state index in [1.54, 1.807) is 7.11 Å². The first-order chi connectivity index (χ1) is 9.78. The standard InChI is InChI=1S/C16H22BrNO2/c1-19-16-14(17)8-13(12-4-6-18-7-5-12)9-15(16)20-10-11-2-3-11/h8-9,11-12,18H,2-7,10H2,1H3. The minimum absolute atomic E-state index is 0.627. The highest BCUT2D eigenvalue weighted by atomic mass is 79.9. The number of hydrogen-bond donors (Lipinski definition) is 1. The lowest BCUT2D eigenvalue weighted by Crippen LogP contribution is -2.26. The Kier molecular flexibility index (Phi) is 4.51. The maximum absolute atomic E-state index is 5.99. The summed E-state index contributed by atoms with van der Waals surface area (Å²) >= 11 is 3.63. The molecule has 1 saturated carbocycles. The molecule has 4 heteroatoms. The molecule has 0 aromatic heterocycles. The second-order valence-corrected chi connectivity index (χ2v) is 6.67. The molecule has 0 atom stereocenters. The average molecular weight is 340 g/mol. The molecular weight excluding hydrogens is 318 g/mol. The SMILES string of the molecule is COc1c(Br)cc(C2CCNCC2)cc1OCC1CC1. The van der Waals surface area contributed by atoms with Crippen LogP contribution in [-0.2, 0) is 0 Å². The molecule has 3 nitrogen and oxygen atoms in total. The molecule has 3 rings (SSSR count). The van der Waals surface area contributed by atoms with Gasteiger partial charge in [0.1, 0.15) is 0 Å². The Morgan fingerprint density at radius 3 is 2.60 bits per heavy atom. The first kappa shape index (κ1) is 14.2. The van der Waals surface area contributed by atoms with Crippen molar-refractivity contribution in [1.82, 2.24) is 5.32 Å². The molecule has 1 saturated heterocycles. The van der Waals surface area contributed by atoms with Crippen LogP contribution in [0.5, 0.6) is 11.5 Å². The number of benzene rings is 1. The van der Waals surface area contributed by atoms with Gasteiger partial charge in [-0.2, -0.15) is 0 Å². The Bertz CT molecular complexity index is 468. The van der Waals surface area contributed by atoms with E-state index in [1.165, 1.54) is 31.2 Å². The van der Waals surface area contributed by atoms with Gasteiger partial charge in [-0.05, 0) is 84.2 Å². The van der Waals surface area contributed by atoms with E-state index < -0.39 is 0 Å². The maximum atomic E-state index is 5.99. The number of nitrogens with one attached hydrogen (secondary N) is 1. The minimum atomic E-state index is 0.627. The second kappa shape index (κ2) is 6.35. The Morgan fingerprint density at radius 1 is 1.20 bits per heavy atom. The minimum Gasteiger partial charge on any atom is -0.492 e. The lowest BCUT2D eigenvalue weighted by molar-refractivity contribution is 0.279. The van der Waals surface area contributed by atoms with Crippen molar-refractivity contribution in [1.29, 1.82) is 0 Å². The van der Waals surface area contributed by atoms with Crippen LogP contribution >= 0.6 is 15.9 Å². The summed E-state index contributed by atoms with van der Waals surface area (Å²) in [6, 6.07) is 4.38. The van der Waals surface area contributed by atoms with Crippen molar-refractivity contribution in [2.75, 3.05) is 26.8 Å². The number of methoxy groups -OCH3 is 1. The van der Waals surface area contributed by atoms with Crippen molar-refractivity contribution in [3.05, 3.63) is 22.2 Å². The Morgan fingerprint density at radius 2 is 1.95 bits per heavy atom. The molecule has 0 amide bonds. The van der Waals surface area contributed by atoms with Crippen LogP contribution in [0, 0.1) is 5.92 Å². The smallest absolute Gasteiger partial charge is 0.174 e. The lowest BCUT2D eigenvalue weighted by Gasteiger charge is -2.24. The third-order valence-corrected chi connectivity index (χ3v) is 4.81. The van der Waals surface area contributed by atoms with E-state index in [2.05, 4.69) is 33.4 Å². The Hall–Kier alpha value is -0.740. The van der Waals surface area contributed by atoms with E-state index in [-0.39, 0.29) is 0 Å². The molecule has 0 unspecified atom stereocenters. The Labute approximate surface area is 129 Å². The topological polar surface area (TPSA) is 30.5 Å². The summed E-state index contributed by atoms with van der Waals surface area (Å²) < 4.78 is 12.5. The van der Waals surface area contributed by atoms with E-state index in [0.29, 0.717) is 5.92 Å². The summed E-state index contributed by atoms with van der Waals surface area (Å²) in [5.41, 5.74) is 1.37. The van der Waals surface area contributed by atoms with Crippen molar-refractivity contribution >= 4 is 15.9 Å². The molecule has 1 aliphatic carbocycles. The molecular formula is C16H22BrNO2. The van der Waals surface area contributed by atoms with Gasteiger partial charge in [0.25, 0.3) is 0 Å². The van der Waals surface area contributed by atoms with Crippen LogP contribution in [0.15, 0.2) is 16.6 Å². The number of piperidine rings is 1. The van der Waals surface area contributed by atoms with Gasteiger partial charge >= 0.3 is 0 Å². The molecule has 1 aliphatic heterocycles. The molecule has 0 spiro atoms. The van der Waals surface area contributed by atoms with Crippen LogP contribution < -0.4 is 14.8 Å². The highest BCUT2D eigenvalue weighted by Gasteiger charge is 2.24. The third kappa shape index (κ3) is 3.29. The largest absolute Gasteiger partial charge is 0.492 e. The van der Waals surface area contributed by atoms with E-state index >= 15 is 0 Å².